The summed E-state index contributed by atoms with van der Waals surface area (Å²) in [6.07, 6.45) is 1.93. The Morgan fingerprint density at radius 2 is 1.74 bits per heavy atom. The molecule has 1 aliphatic rings. The van der Waals surface area contributed by atoms with E-state index in [0.717, 1.165) is 41.0 Å². The predicted octanol–water partition coefficient (Wildman–Crippen LogP) is 4.78. The fourth-order valence-electron chi connectivity index (χ4n) is 3.99. The Labute approximate surface area is 205 Å². The summed E-state index contributed by atoms with van der Waals surface area (Å²) in [6, 6.07) is 24.7. The van der Waals surface area contributed by atoms with Crippen molar-refractivity contribution >= 4 is 17.6 Å². The van der Waals surface area contributed by atoms with Gasteiger partial charge in [0.1, 0.15) is 12.4 Å². The van der Waals surface area contributed by atoms with Crippen LogP contribution >= 0.6 is 0 Å². The molecule has 35 heavy (non-hydrogen) atoms. The topological polar surface area (TPSA) is 94.5 Å². The number of anilines is 1. The van der Waals surface area contributed by atoms with Crippen LogP contribution in [0.15, 0.2) is 72.8 Å². The Morgan fingerprint density at radius 3 is 2.51 bits per heavy atom. The predicted molar refractivity (Wildman–Crippen MR) is 133 cm³/mol. The van der Waals surface area contributed by atoms with E-state index in [-0.39, 0.29) is 11.9 Å². The smallest absolute Gasteiger partial charge is 0.319 e. The number of ether oxygens (including phenoxy) is 1. The Kier molecular flexibility index (Phi) is 7.97. The van der Waals surface area contributed by atoms with Crippen molar-refractivity contribution in [2.45, 2.75) is 39.0 Å². The highest BCUT2D eigenvalue weighted by molar-refractivity contribution is 5.89. The largest absolute Gasteiger partial charge is 0.489 e. The fourth-order valence-corrected chi connectivity index (χ4v) is 3.99. The second-order valence-corrected chi connectivity index (χ2v) is 8.51. The van der Waals surface area contributed by atoms with Crippen LogP contribution in [-0.4, -0.2) is 23.4 Å². The first kappa shape index (κ1) is 23.8. The molecule has 1 aliphatic heterocycles. The maximum Gasteiger partial charge on any atom is 0.319 e. The SMILES string of the molecule is N#CCc1ccc(OCc2cccc(NC(=O)NCc3cccc(CN4CCCC4=O)c3)c2)cc1. The molecule has 7 heteroatoms. The van der Waals surface area contributed by atoms with Crippen LogP contribution < -0.4 is 15.4 Å². The number of hydrogen-bond donors (Lipinski definition) is 2. The van der Waals surface area contributed by atoms with Crippen LogP contribution in [0.25, 0.3) is 0 Å². The summed E-state index contributed by atoms with van der Waals surface area (Å²) in [5.74, 6) is 0.924. The zero-order valence-corrected chi connectivity index (χ0v) is 19.5. The zero-order chi connectivity index (χ0) is 24.5. The van der Waals surface area contributed by atoms with Gasteiger partial charge in [-0.15, -0.1) is 0 Å². The quantitative estimate of drug-likeness (QED) is 0.473. The molecule has 0 saturated carbocycles. The first-order valence-electron chi connectivity index (χ1n) is 11.7. The number of benzene rings is 3. The molecule has 0 atom stereocenters. The van der Waals surface area contributed by atoms with Gasteiger partial charge in [0.05, 0.1) is 12.5 Å². The highest BCUT2D eigenvalue weighted by atomic mass is 16.5. The van der Waals surface area contributed by atoms with E-state index < -0.39 is 0 Å². The number of urea groups is 1. The first-order chi connectivity index (χ1) is 17.1. The molecule has 0 radical (unpaired) electrons. The number of carbonyl (C=O) groups is 2. The second-order valence-electron chi connectivity index (χ2n) is 8.51. The summed E-state index contributed by atoms with van der Waals surface area (Å²) in [4.78, 5) is 26.2. The Balaban J connectivity index is 1.25. The molecule has 3 amide bonds. The number of likely N-dealkylation sites (tertiary alicyclic amines) is 1. The molecular weight excluding hydrogens is 440 g/mol. The number of carbonyl (C=O) groups excluding carboxylic acids is 2. The van der Waals surface area contributed by atoms with Gasteiger partial charge in [-0.1, -0.05) is 48.5 Å². The summed E-state index contributed by atoms with van der Waals surface area (Å²) in [5, 5.41) is 14.5. The first-order valence-corrected chi connectivity index (χ1v) is 11.7. The molecule has 1 saturated heterocycles. The van der Waals surface area contributed by atoms with Crippen molar-refractivity contribution in [3.05, 3.63) is 95.1 Å². The molecule has 0 aromatic heterocycles. The average Bonchev–Trinajstić information content (AvgIpc) is 3.27. The van der Waals surface area contributed by atoms with E-state index in [1.807, 2.05) is 77.7 Å². The molecular formula is C28H28N4O3. The van der Waals surface area contributed by atoms with Gasteiger partial charge in [0.15, 0.2) is 0 Å². The minimum atomic E-state index is -0.295. The number of rotatable bonds is 9. The zero-order valence-electron chi connectivity index (χ0n) is 19.5. The maximum absolute atomic E-state index is 12.4. The molecule has 2 N–H and O–H groups in total. The Bertz CT molecular complexity index is 1220. The van der Waals surface area contributed by atoms with Crippen molar-refractivity contribution in [1.82, 2.24) is 10.2 Å². The number of amides is 3. The number of nitrogens with one attached hydrogen (secondary N) is 2. The lowest BCUT2D eigenvalue weighted by Gasteiger charge is -2.16. The maximum atomic E-state index is 12.4. The molecule has 4 rings (SSSR count). The standard InChI is InChI=1S/C28H28N4O3/c29-14-13-21-9-11-26(12-10-21)35-20-24-6-2-7-25(17-24)31-28(34)30-18-22-4-1-5-23(16-22)19-32-15-3-8-27(32)33/h1-2,4-7,9-12,16-17H,3,8,13,15,18-20H2,(H2,30,31,34). The molecule has 0 aliphatic carbocycles. The molecule has 7 nitrogen and oxygen atoms in total. The summed E-state index contributed by atoms with van der Waals surface area (Å²) < 4.78 is 5.82. The summed E-state index contributed by atoms with van der Waals surface area (Å²) in [5.41, 5.74) is 4.59. The minimum absolute atomic E-state index is 0.203. The molecule has 3 aromatic rings. The van der Waals surface area contributed by atoms with Gasteiger partial charge in [0, 0.05) is 31.7 Å². The van der Waals surface area contributed by atoms with Crippen LogP contribution in [0.2, 0.25) is 0 Å². The molecule has 3 aromatic carbocycles. The van der Waals surface area contributed by atoms with Gasteiger partial charge in [0.25, 0.3) is 0 Å². The van der Waals surface area contributed by atoms with Gasteiger partial charge in [-0.3, -0.25) is 4.79 Å². The number of nitrogens with zero attached hydrogens (tertiary/aromatic N) is 2. The van der Waals surface area contributed by atoms with Gasteiger partial charge in [-0.05, 0) is 52.9 Å². The van der Waals surface area contributed by atoms with E-state index in [1.165, 1.54) is 0 Å². The third kappa shape index (κ3) is 7.08. The molecule has 1 fully saturated rings. The minimum Gasteiger partial charge on any atom is -0.489 e. The number of nitriles is 1. The van der Waals surface area contributed by atoms with Crippen molar-refractivity contribution in [1.29, 1.82) is 5.26 Å². The van der Waals surface area contributed by atoms with E-state index >= 15 is 0 Å². The lowest BCUT2D eigenvalue weighted by atomic mass is 10.1. The highest BCUT2D eigenvalue weighted by Crippen LogP contribution is 2.17. The van der Waals surface area contributed by atoms with Crippen LogP contribution in [-0.2, 0) is 30.9 Å². The van der Waals surface area contributed by atoms with Gasteiger partial charge in [0.2, 0.25) is 5.91 Å². The normalized spacial score (nSPS) is 12.8. The van der Waals surface area contributed by atoms with Crippen molar-refractivity contribution in [3.8, 4) is 11.8 Å². The number of hydrogen-bond acceptors (Lipinski definition) is 4. The second kappa shape index (κ2) is 11.7. The van der Waals surface area contributed by atoms with Crippen LogP contribution in [0.3, 0.4) is 0 Å². The summed E-state index contributed by atoms with van der Waals surface area (Å²) in [7, 11) is 0. The van der Waals surface area contributed by atoms with Crippen LogP contribution in [0, 0.1) is 11.3 Å². The molecule has 0 unspecified atom stereocenters. The van der Waals surface area contributed by atoms with Crippen LogP contribution in [0.5, 0.6) is 5.75 Å². The highest BCUT2D eigenvalue weighted by Gasteiger charge is 2.19. The molecule has 178 valence electrons. The van der Waals surface area contributed by atoms with E-state index in [4.69, 9.17) is 10.00 Å². The lowest BCUT2D eigenvalue weighted by molar-refractivity contribution is -0.128. The lowest BCUT2D eigenvalue weighted by Crippen LogP contribution is -2.28. The summed E-state index contributed by atoms with van der Waals surface area (Å²) in [6.45, 7) is 2.17. The monoisotopic (exact) mass is 468 g/mol. The van der Waals surface area contributed by atoms with E-state index in [1.54, 1.807) is 0 Å². The summed E-state index contributed by atoms with van der Waals surface area (Å²) >= 11 is 0. The molecule has 0 spiro atoms. The Hall–Kier alpha value is -4.31. The molecule has 0 bridgehead atoms. The average molecular weight is 469 g/mol. The van der Waals surface area contributed by atoms with Crippen molar-refractivity contribution in [2.24, 2.45) is 0 Å². The molecule has 1 heterocycles. The van der Waals surface area contributed by atoms with Gasteiger partial charge < -0.3 is 20.3 Å². The third-order valence-electron chi connectivity index (χ3n) is 5.79. The third-order valence-corrected chi connectivity index (χ3v) is 5.79. The van der Waals surface area contributed by atoms with Crippen molar-refractivity contribution < 1.29 is 14.3 Å². The van der Waals surface area contributed by atoms with Crippen molar-refractivity contribution in [3.63, 3.8) is 0 Å². The van der Waals surface area contributed by atoms with Gasteiger partial charge in [-0.25, -0.2) is 4.79 Å². The fraction of sp³-hybridized carbons (Fsp3) is 0.250. The van der Waals surface area contributed by atoms with Crippen LogP contribution in [0.1, 0.15) is 35.1 Å². The van der Waals surface area contributed by atoms with E-state index in [0.29, 0.717) is 38.2 Å². The van der Waals surface area contributed by atoms with E-state index in [9.17, 15) is 9.59 Å². The Morgan fingerprint density at radius 1 is 0.971 bits per heavy atom. The van der Waals surface area contributed by atoms with E-state index in [2.05, 4.69) is 16.7 Å². The van der Waals surface area contributed by atoms with Crippen molar-refractivity contribution in [2.75, 3.05) is 11.9 Å². The van der Waals surface area contributed by atoms with Gasteiger partial charge >= 0.3 is 6.03 Å². The van der Waals surface area contributed by atoms with Gasteiger partial charge in [-0.2, -0.15) is 5.26 Å². The van der Waals surface area contributed by atoms with Crippen LogP contribution in [0.4, 0.5) is 10.5 Å².